The third-order valence-corrected chi connectivity index (χ3v) is 8.75. The number of aliphatic hydroxyl groups excluding tert-OH is 2. The van der Waals surface area contributed by atoms with Crippen LogP contribution in [0.2, 0.25) is 0 Å². The average molecular weight is 589 g/mol. The highest BCUT2D eigenvalue weighted by Gasteiger charge is 2.56. The van der Waals surface area contributed by atoms with Gasteiger partial charge in [-0.2, -0.15) is 0 Å². The van der Waals surface area contributed by atoms with Gasteiger partial charge in [0, 0.05) is 11.8 Å². The van der Waals surface area contributed by atoms with Gasteiger partial charge in [-0.05, 0) is 47.9 Å². The molecule has 4 heterocycles. The number of ether oxygens (including phenoxy) is 9. The molecule has 7 rings (SSSR count). The van der Waals surface area contributed by atoms with Gasteiger partial charge < -0.3 is 58.0 Å². The maximum absolute atomic E-state index is 13.4. The maximum Gasteiger partial charge on any atom is 0.310 e. The zero-order valence-electron chi connectivity index (χ0n) is 23.1. The van der Waals surface area contributed by atoms with Crippen LogP contribution in [0.25, 0.3) is 0 Å². The van der Waals surface area contributed by atoms with Crippen LogP contribution in [-0.4, -0.2) is 92.5 Å². The number of fused-ring (bicyclic) bond motifs is 4. The number of aromatic hydroxyl groups is 1. The number of hydrogen-bond donors (Lipinski definition) is 3. The van der Waals surface area contributed by atoms with Crippen LogP contribution in [0.5, 0.6) is 28.7 Å². The Kier molecular flexibility index (Phi) is 6.83. The molecule has 0 amide bonds. The van der Waals surface area contributed by atoms with Crippen molar-refractivity contribution in [1.29, 1.82) is 0 Å². The molecule has 2 aromatic rings. The summed E-state index contributed by atoms with van der Waals surface area (Å²) in [5.74, 6) is -1.02. The molecule has 0 unspecified atom stereocenters. The van der Waals surface area contributed by atoms with Gasteiger partial charge in [0.25, 0.3) is 0 Å². The van der Waals surface area contributed by atoms with Crippen LogP contribution in [0, 0.1) is 11.8 Å². The van der Waals surface area contributed by atoms with E-state index in [1.54, 1.807) is 31.2 Å². The highest BCUT2D eigenvalue weighted by atomic mass is 16.8. The van der Waals surface area contributed by atoms with E-state index in [2.05, 4.69) is 0 Å². The Labute approximate surface area is 240 Å². The van der Waals surface area contributed by atoms with Gasteiger partial charge in [-0.3, -0.25) is 4.79 Å². The molecule has 0 radical (unpaired) electrons. The molecular weight excluding hydrogens is 556 g/mol. The lowest BCUT2D eigenvalue weighted by atomic mass is 9.66. The Bertz CT molecular complexity index is 1350. The van der Waals surface area contributed by atoms with Gasteiger partial charge in [0.2, 0.25) is 12.5 Å². The molecule has 0 saturated carbocycles. The van der Waals surface area contributed by atoms with Crippen molar-refractivity contribution in [1.82, 2.24) is 0 Å². The van der Waals surface area contributed by atoms with E-state index in [0.717, 1.165) is 0 Å². The zero-order chi connectivity index (χ0) is 29.3. The first-order valence-corrected chi connectivity index (χ1v) is 13.8. The summed E-state index contributed by atoms with van der Waals surface area (Å²) in [4.78, 5) is 13.4. The van der Waals surface area contributed by atoms with Crippen LogP contribution in [0.1, 0.15) is 35.6 Å². The largest absolute Gasteiger partial charge is 0.502 e. The van der Waals surface area contributed by atoms with E-state index >= 15 is 0 Å². The van der Waals surface area contributed by atoms with Gasteiger partial charge in [-0.15, -0.1) is 0 Å². The second-order valence-electron chi connectivity index (χ2n) is 11.0. The van der Waals surface area contributed by atoms with Crippen molar-refractivity contribution in [3.63, 3.8) is 0 Å². The van der Waals surface area contributed by atoms with Crippen LogP contribution in [-0.2, 0) is 28.5 Å². The highest BCUT2D eigenvalue weighted by Crippen LogP contribution is 2.57. The Morgan fingerprint density at radius 2 is 1.57 bits per heavy atom. The van der Waals surface area contributed by atoms with Crippen molar-refractivity contribution in [3.05, 3.63) is 41.0 Å². The summed E-state index contributed by atoms with van der Waals surface area (Å²) in [6, 6.07) is 6.93. The molecule has 2 aromatic carbocycles. The highest BCUT2D eigenvalue weighted by molar-refractivity contribution is 5.79. The minimum Gasteiger partial charge on any atom is -0.502 e. The molecule has 3 N–H and O–H groups in total. The summed E-state index contributed by atoms with van der Waals surface area (Å²) in [5.41, 5.74) is 2.01. The summed E-state index contributed by atoms with van der Waals surface area (Å²) >= 11 is 0. The first-order valence-electron chi connectivity index (χ1n) is 13.8. The van der Waals surface area contributed by atoms with Crippen LogP contribution >= 0.6 is 0 Å². The average Bonchev–Trinajstić information content (AvgIpc) is 3.61. The molecule has 13 nitrogen and oxygen atoms in total. The molecule has 1 aliphatic carbocycles. The van der Waals surface area contributed by atoms with E-state index in [1.165, 1.54) is 14.2 Å². The standard InChI is InChI=1S/C29H32O13/c1-11-36-9-20-27(40-11)24(31)25(32)29(41-20)42-26-14-7-17-16(38-10-39-17)6-13(14)21(22-15(26)8-37-28(22)33)12-4-18(34-2)23(30)19(5-12)35-3/h4-7,11,15,20-22,24-27,29-32H,8-10H2,1-3H3/t11-,15-,20-,21+,22-,24+,25-,26+,27+,29-/m0/s1. The first kappa shape index (κ1) is 27.5. The molecule has 0 spiro atoms. The summed E-state index contributed by atoms with van der Waals surface area (Å²) in [6.07, 6.45) is -6.80. The topological polar surface area (TPSA) is 161 Å². The molecule has 0 aromatic heterocycles. The van der Waals surface area contributed by atoms with Crippen LogP contribution in [0.4, 0.5) is 0 Å². The van der Waals surface area contributed by atoms with Crippen LogP contribution in [0.15, 0.2) is 24.3 Å². The number of benzene rings is 2. The molecule has 3 saturated heterocycles. The third kappa shape index (κ3) is 4.26. The van der Waals surface area contributed by atoms with E-state index < -0.39 is 66.8 Å². The van der Waals surface area contributed by atoms with Crippen molar-refractivity contribution in [2.75, 3.05) is 34.2 Å². The van der Waals surface area contributed by atoms with Crippen molar-refractivity contribution in [2.24, 2.45) is 11.8 Å². The number of aliphatic hydroxyl groups is 2. The number of methoxy groups -OCH3 is 2. The smallest absolute Gasteiger partial charge is 0.310 e. The van der Waals surface area contributed by atoms with Crippen molar-refractivity contribution in [3.8, 4) is 28.7 Å². The number of rotatable bonds is 5. The molecule has 42 heavy (non-hydrogen) atoms. The second kappa shape index (κ2) is 10.4. The maximum atomic E-state index is 13.4. The minimum absolute atomic E-state index is 0.0301. The van der Waals surface area contributed by atoms with E-state index in [9.17, 15) is 20.1 Å². The first-order chi connectivity index (χ1) is 20.3. The number of phenolic OH excluding ortho intramolecular Hbond substituents is 1. The number of carbonyl (C=O) groups excluding carboxylic acids is 1. The number of carbonyl (C=O) groups is 1. The van der Waals surface area contributed by atoms with Gasteiger partial charge >= 0.3 is 5.97 Å². The molecule has 4 aliphatic heterocycles. The van der Waals surface area contributed by atoms with E-state index in [1.807, 2.05) is 0 Å². The quantitative estimate of drug-likeness (QED) is 0.430. The summed E-state index contributed by atoms with van der Waals surface area (Å²) in [7, 11) is 2.86. The fourth-order valence-corrected chi connectivity index (χ4v) is 6.74. The second-order valence-corrected chi connectivity index (χ2v) is 11.0. The number of esters is 1. The molecule has 10 atom stereocenters. The number of hydrogen-bond acceptors (Lipinski definition) is 13. The monoisotopic (exact) mass is 588 g/mol. The zero-order valence-corrected chi connectivity index (χ0v) is 23.1. The van der Waals surface area contributed by atoms with Gasteiger partial charge in [0.05, 0.1) is 39.5 Å². The fraction of sp³-hybridized carbons (Fsp3) is 0.552. The lowest BCUT2D eigenvalue weighted by molar-refractivity contribution is -0.364. The molecule has 226 valence electrons. The normalized spacial score (nSPS) is 36.5. The van der Waals surface area contributed by atoms with Gasteiger partial charge in [0.15, 0.2) is 35.6 Å². The predicted molar refractivity (Wildman–Crippen MR) is 138 cm³/mol. The third-order valence-electron chi connectivity index (χ3n) is 8.75. The minimum atomic E-state index is -1.44. The number of cyclic esters (lactones) is 1. The lowest BCUT2D eigenvalue weighted by Crippen LogP contribution is -2.63. The van der Waals surface area contributed by atoms with Crippen molar-refractivity contribution >= 4 is 5.97 Å². The summed E-state index contributed by atoms with van der Waals surface area (Å²) in [5, 5.41) is 32.5. The van der Waals surface area contributed by atoms with E-state index in [4.69, 9.17) is 42.6 Å². The van der Waals surface area contributed by atoms with E-state index in [0.29, 0.717) is 28.2 Å². The van der Waals surface area contributed by atoms with E-state index in [-0.39, 0.29) is 37.3 Å². The van der Waals surface area contributed by atoms with Gasteiger partial charge in [-0.25, -0.2) is 0 Å². The Morgan fingerprint density at radius 3 is 2.26 bits per heavy atom. The molecule has 0 bridgehead atoms. The lowest BCUT2D eigenvalue weighted by Gasteiger charge is -2.47. The molecule has 13 heteroatoms. The van der Waals surface area contributed by atoms with Crippen LogP contribution < -0.4 is 18.9 Å². The number of phenols is 1. The van der Waals surface area contributed by atoms with Gasteiger partial charge in [0.1, 0.15) is 24.4 Å². The Morgan fingerprint density at radius 1 is 0.881 bits per heavy atom. The van der Waals surface area contributed by atoms with Crippen LogP contribution in [0.3, 0.4) is 0 Å². The predicted octanol–water partition coefficient (Wildman–Crippen LogP) is 1.34. The molecule has 3 fully saturated rings. The Hall–Kier alpha value is -3.33. The SMILES string of the molecule is COc1cc([C@@H]2c3cc4c(cc3[C@@H](O[C@@H]3O[C@H]5CO[C@H](C)O[C@H]5[C@H](O)[C@@H]3O)[C@H]3COC(=O)[C@H]23)OCO4)cc(OC)c1O. The van der Waals surface area contributed by atoms with Gasteiger partial charge in [-0.1, -0.05) is 0 Å². The molecule has 5 aliphatic rings. The van der Waals surface area contributed by atoms with Crippen molar-refractivity contribution in [2.45, 2.75) is 55.9 Å². The molecular formula is C29H32O13. The summed E-state index contributed by atoms with van der Waals surface area (Å²) < 4.78 is 51.5. The fourth-order valence-electron chi connectivity index (χ4n) is 6.74. The Balaban J connectivity index is 1.32. The summed E-state index contributed by atoms with van der Waals surface area (Å²) in [6.45, 7) is 1.93. The van der Waals surface area contributed by atoms with Crippen molar-refractivity contribution < 1.29 is 62.7 Å².